The van der Waals surface area contributed by atoms with Crippen molar-refractivity contribution in [3.8, 4) is 0 Å². The van der Waals surface area contributed by atoms with Gasteiger partial charge in [-0.25, -0.2) is 20.4 Å². The Hall–Kier alpha value is -2.24. The van der Waals surface area contributed by atoms with E-state index in [1.165, 1.54) is 0 Å². The van der Waals surface area contributed by atoms with Gasteiger partial charge >= 0.3 is 12.1 Å². The Labute approximate surface area is 105 Å². The number of amides is 3. The van der Waals surface area contributed by atoms with Gasteiger partial charge in [0.2, 0.25) is 0 Å². The first-order chi connectivity index (χ1) is 8.29. The minimum Gasteiger partial charge on any atom is -0.464 e. The lowest BCUT2D eigenvalue weighted by atomic mass is 9.87. The van der Waals surface area contributed by atoms with E-state index in [0.717, 1.165) is 5.56 Å². The predicted octanol–water partition coefficient (Wildman–Crippen LogP) is 2.29. The zero-order chi connectivity index (χ0) is 13.8. The Kier molecular flexibility index (Phi) is 4.14. The molecule has 1 aromatic carbocycles. The normalized spacial score (nSPS) is 10.6. The van der Waals surface area contributed by atoms with Crippen LogP contribution in [0.2, 0.25) is 0 Å². The van der Waals surface area contributed by atoms with Crippen molar-refractivity contribution < 1.29 is 14.7 Å². The number of hydrogen-bond donors (Lipinski definition) is 4. The van der Waals surface area contributed by atoms with Crippen molar-refractivity contribution in [1.29, 1.82) is 0 Å². The zero-order valence-corrected chi connectivity index (χ0v) is 10.6. The SMILES string of the molecule is CC(C)(C)c1ccc(NC(=O)NNC(=O)O)cc1. The van der Waals surface area contributed by atoms with Gasteiger partial charge in [0.05, 0.1) is 0 Å². The number of hydrazine groups is 1. The lowest BCUT2D eigenvalue weighted by molar-refractivity contribution is 0.188. The van der Waals surface area contributed by atoms with E-state index in [-0.39, 0.29) is 5.41 Å². The molecule has 0 bridgehead atoms. The number of carbonyl (C=O) groups is 2. The van der Waals surface area contributed by atoms with Crippen LogP contribution in [-0.4, -0.2) is 17.2 Å². The molecule has 18 heavy (non-hydrogen) atoms. The fourth-order valence-corrected chi connectivity index (χ4v) is 1.33. The van der Waals surface area contributed by atoms with E-state index < -0.39 is 12.1 Å². The molecule has 0 unspecified atom stereocenters. The second kappa shape index (κ2) is 5.39. The fraction of sp³-hybridized carbons (Fsp3) is 0.333. The first-order valence-electron chi connectivity index (χ1n) is 5.45. The molecule has 0 fully saturated rings. The molecule has 1 rings (SSSR count). The number of hydrogen-bond acceptors (Lipinski definition) is 2. The minimum absolute atomic E-state index is 0.0473. The van der Waals surface area contributed by atoms with Crippen molar-refractivity contribution in [1.82, 2.24) is 10.9 Å². The van der Waals surface area contributed by atoms with Crippen LogP contribution < -0.4 is 16.2 Å². The van der Waals surface area contributed by atoms with Gasteiger partial charge in [-0.2, -0.15) is 0 Å². The van der Waals surface area contributed by atoms with Gasteiger partial charge in [-0.05, 0) is 23.1 Å². The van der Waals surface area contributed by atoms with Crippen LogP contribution >= 0.6 is 0 Å². The zero-order valence-electron chi connectivity index (χ0n) is 10.6. The van der Waals surface area contributed by atoms with Crippen LogP contribution in [0.4, 0.5) is 15.3 Å². The number of benzene rings is 1. The third-order valence-corrected chi connectivity index (χ3v) is 2.29. The lowest BCUT2D eigenvalue weighted by Crippen LogP contribution is -2.43. The van der Waals surface area contributed by atoms with Crippen molar-refractivity contribution in [2.45, 2.75) is 26.2 Å². The van der Waals surface area contributed by atoms with E-state index in [2.05, 4.69) is 26.1 Å². The summed E-state index contributed by atoms with van der Waals surface area (Å²) in [6.45, 7) is 6.29. The molecule has 0 heterocycles. The highest BCUT2D eigenvalue weighted by atomic mass is 16.4. The summed E-state index contributed by atoms with van der Waals surface area (Å²) >= 11 is 0. The molecule has 0 saturated carbocycles. The Balaban J connectivity index is 2.59. The average molecular weight is 251 g/mol. The highest BCUT2D eigenvalue weighted by Gasteiger charge is 2.13. The summed E-state index contributed by atoms with van der Waals surface area (Å²) in [4.78, 5) is 21.4. The first kappa shape index (κ1) is 13.8. The van der Waals surface area contributed by atoms with Crippen LogP contribution in [0.25, 0.3) is 0 Å². The van der Waals surface area contributed by atoms with Crippen LogP contribution in [0.1, 0.15) is 26.3 Å². The molecule has 0 aliphatic rings. The summed E-state index contributed by atoms with van der Waals surface area (Å²) < 4.78 is 0. The third kappa shape index (κ3) is 4.32. The van der Waals surface area contributed by atoms with E-state index >= 15 is 0 Å². The molecule has 1 aromatic rings. The highest BCUT2D eigenvalue weighted by molar-refractivity contribution is 5.90. The van der Waals surface area contributed by atoms with E-state index in [9.17, 15) is 9.59 Å². The molecule has 6 nitrogen and oxygen atoms in total. The van der Waals surface area contributed by atoms with Gasteiger partial charge in [0.15, 0.2) is 0 Å². The smallest absolute Gasteiger partial charge is 0.423 e. The summed E-state index contributed by atoms with van der Waals surface area (Å²) in [7, 11) is 0. The first-order valence-corrected chi connectivity index (χ1v) is 5.45. The summed E-state index contributed by atoms with van der Waals surface area (Å²) in [6, 6.07) is 6.73. The Morgan fingerprint density at radius 2 is 1.61 bits per heavy atom. The molecule has 98 valence electrons. The average Bonchev–Trinajstić information content (AvgIpc) is 2.26. The van der Waals surface area contributed by atoms with Gasteiger partial charge in [-0.1, -0.05) is 32.9 Å². The molecule has 0 radical (unpaired) electrons. The van der Waals surface area contributed by atoms with Crippen molar-refractivity contribution in [2.24, 2.45) is 0 Å². The third-order valence-electron chi connectivity index (χ3n) is 2.29. The predicted molar refractivity (Wildman–Crippen MR) is 68.5 cm³/mol. The molecule has 4 N–H and O–H groups in total. The highest BCUT2D eigenvalue weighted by Crippen LogP contribution is 2.23. The number of nitrogens with one attached hydrogen (secondary N) is 3. The number of rotatable bonds is 1. The van der Waals surface area contributed by atoms with Crippen LogP contribution in [0.3, 0.4) is 0 Å². The maximum atomic E-state index is 11.3. The monoisotopic (exact) mass is 251 g/mol. The van der Waals surface area contributed by atoms with Crippen LogP contribution in [0.5, 0.6) is 0 Å². The molecular weight excluding hydrogens is 234 g/mol. The molecule has 6 heteroatoms. The molecule has 0 atom stereocenters. The summed E-state index contributed by atoms with van der Waals surface area (Å²) in [5.41, 5.74) is 5.52. The molecule has 0 aliphatic carbocycles. The Morgan fingerprint density at radius 1 is 1.06 bits per heavy atom. The molecule has 3 amide bonds. The molecular formula is C12H17N3O3. The van der Waals surface area contributed by atoms with Crippen LogP contribution in [0.15, 0.2) is 24.3 Å². The molecule has 0 aromatic heterocycles. The lowest BCUT2D eigenvalue weighted by Gasteiger charge is -2.19. The molecule has 0 aliphatic heterocycles. The van der Waals surface area contributed by atoms with Crippen molar-refractivity contribution >= 4 is 17.8 Å². The second-order valence-corrected chi connectivity index (χ2v) is 4.84. The Morgan fingerprint density at radius 3 is 2.06 bits per heavy atom. The van der Waals surface area contributed by atoms with Gasteiger partial charge < -0.3 is 10.4 Å². The second-order valence-electron chi connectivity index (χ2n) is 4.84. The van der Waals surface area contributed by atoms with Crippen molar-refractivity contribution in [3.63, 3.8) is 0 Å². The van der Waals surface area contributed by atoms with E-state index in [1.807, 2.05) is 17.6 Å². The number of carbonyl (C=O) groups excluding carboxylic acids is 1. The molecule has 0 saturated heterocycles. The maximum Gasteiger partial charge on any atom is 0.423 e. The Bertz CT molecular complexity index is 435. The summed E-state index contributed by atoms with van der Waals surface area (Å²) in [5, 5.41) is 10.8. The standard InChI is InChI=1S/C12H17N3O3/c1-12(2,3)8-4-6-9(7-5-8)13-10(16)14-15-11(17)18/h4-7,15H,1-3H3,(H,17,18)(H2,13,14,16). The van der Waals surface area contributed by atoms with Gasteiger partial charge in [0.1, 0.15) is 0 Å². The summed E-state index contributed by atoms with van der Waals surface area (Å²) in [6.07, 6.45) is -1.33. The topological polar surface area (TPSA) is 90.5 Å². The van der Waals surface area contributed by atoms with Gasteiger partial charge in [0.25, 0.3) is 0 Å². The quantitative estimate of drug-likeness (QED) is 0.577. The number of urea groups is 1. The fourth-order valence-electron chi connectivity index (χ4n) is 1.33. The van der Waals surface area contributed by atoms with Crippen molar-refractivity contribution in [3.05, 3.63) is 29.8 Å². The van der Waals surface area contributed by atoms with Crippen molar-refractivity contribution in [2.75, 3.05) is 5.32 Å². The van der Waals surface area contributed by atoms with E-state index in [1.54, 1.807) is 17.6 Å². The van der Waals surface area contributed by atoms with E-state index in [4.69, 9.17) is 5.11 Å². The minimum atomic E-state index is -1.33. The molecule has 0 spiro atoms. The van der Waals surface area contributed by atoms with E-state index in [0.29, 0.717) is 5.69 Å². The largest absolute Gasteiger partial charge is 0.464 e. The maximum absolute atomic E-state index is 11.3. The number of carboxylic acid groups (broad SMARTS) is 1. The van der Waals surface area contributed by atoms with Gasteiger partial charge in [-0.15, -0.1) is 0 Å². The summed E-state index contributed by atoms with van der Waals surface area (Å²) in [5.74, 6) is 0. The van der Waals surface area contributed by atoms with Gasteiger partial charge in [-0.3, -0.25) is 0 Å². The van der Waals surface area contributed by atoms with Gasteiger partial charge in [0, 0.05) is 5.69 Å². The van der Waals surface area contributed by atoms with Crippen LogP contribution in [0, 0.1) is 0 Å². The van der Waals surface area contributed by atoms with Crippen LogP contribution in [-0.2, 0) is 5.41 Å². The number of anilines is 1.